The van der Waals surface area contributed by atoms with Gasteiger partial charge in [0.25, 0.3) is 0 Å². The molecule has 0 radical (unpaired) electrons. The van der Waals surface area contributed by atoms with Crippen LogP contribution in [-0.4, -0.2) is 39.1 Å². The van der Waals surface area contributed by atoms with Gasteiger partial charge in [-0.1, -0.05) is 30.3 Å². The summed E-state index contributed by atoms with van der Waals surface area (Å²) < 4.78 is 21.4. The average molecular weight is 382 g/mol. The second kappa shape index (κ2) is 7.69. The van der Waals surface area contributed by atoms with Gasteiger partial charge in [-0.25, -0.2) is 14.1 Å². The second-order valence-electron chi connectivity index (χ2n) is 7.14. The molecule has 1 fully saturated rings. The predicted octanol–water partition coefficient (Wildman–Crippen LogP) is 2.57. The van der Waals surface area contributed by atoms with Gasteiger partial charge < -0.3 is 15.6 Å². The minimum atomic E-state index is -0.589. The zero-order valence-corrected chi connectivity index (χ0v) is 15.6. The van der Waals surface area contributed by atoms with Crippen LogP contribution in [0.15, 0.2) is 48.5 Å². The van der Waals surface area contributed by atoms with E-state index in [2.05, 4.69) is 5.10 Å². The number of ether oxygens (including phenoxy) is 1. The van der Waals surface area contributed by atoms with Gasteiger partial charge in [0.15, 0.2) is 5.82 Å². The number of nitrogens with zero attached hydrogens (tertiary/aromatic N) is 3. The summed E-state index contributed by atoms with van der Waals surface area (Å²) in [6.07, 6.45) is 0.943. The Bertz CT molecular complexity index is 965. The summed E-state index contributed by atoms with van der Waals surface area (Å²) in [5.74, 6) is 1.49. The largest absolute Gasteiger partial charge is 0.496 e. The number of hydrogen-bond donors (Lipinski definition) is 2. The van der Waals surface area contributed by atoms with Gasteiger partial charge >= 0.3 is 0 Å². The van der Waals surface area contributed by atoms with E-state index in [1.165, 1.54) is 6.07 Å². The van der Waals surface area contributed by atoms with Crippen molar-refractivity contribution < 1.29 is 14.2 Å². The van der Waals surface area contributed by atoms with Gasteiger partial charge in [0, 0.05) is 23.9 Å². The predicted molar refractivity (Wildman–Crippen MR) is 103 cm³/mol. The van der Waals surface area contributed by atoms with E-state index >= 15 is 0 Å². The third kappa shape index (κ3) is 3.50. The van der Waals surface area contributed by atoms with Crippen LogP contribution >= 0.6 is 0 Å². The molecular weight excluding hydrogens is 359 g/mol. The smallest absolute Gasteiger partial charge is 0.155 e. The van der Waals surface area contributed by atoms with Crippen LogP contribution in [0.4, 0.5) is 4.39 Å². The Morgan fingerprint density at radius 1 is 1.18 bits per heavy atom. The van der Waals surface area contributed by atoms with Gasteiger partial charge in [0.05, 0.1) is 13.2 Å². The van der Waals surface area contributed by atoms with Crippen molar-refractivity contribution in [2.75, 3.05) is 7.11 Å². The molecule has 1 aromatic heterocycles. The maximum atomic E-state index is 14.5. The van der Waals surface area contributed by atoms with Crippen LogP contribution in [0.1, 0.15) is 36.0 Å². The molecule has 4 rings (SSSR count). The lowest BCUT2D eigenvalue weighted by molar-refractivity contribution is 0.163. The minimum absolute atomic E-state index is 0.0801. The van der Waals surface area contributed by atoms with Crippen LogP contribution in [0.2, 0.25) is 0 Å². The molecule has 0 unspecified atom stereocenters. The number of methoxy groups -OCH3 is 1. The first-order valence-corrected chi connectivity index (χ1v) is 9.33. The molecule has 3 aromatic rings. The lowest BCUT2D eigenvalue weighted by atomic mass is 10.1. The van der Waals surface area contributed by atoms with Crippen molar-refractivity contribution in [3.8, 4) is 11.4 Å². The molecule has 0 saturated heterocycles. The van der Waals surface area contributed by atoms with Crippen LogP contribution in [0.3, 0.4) is 0 Å². The molecule has 1 heterocycles. The fourth-order valence-corrected chi connectivity index (χ4v) is 3.79. The number of aliphatic hydroxyl groups is 1. The van der Waals surface area contributed by atoms with Crippen molar-refractivity contribution in [3.63, 3.8) is 0 Å². The average Bonchev–Trinajstić information content (AvgIpc) is 3.26. The lowest BCUT2D eigenvalue weighted by Crippen LogP contribution is -2.28. The zero-order chi connectivity index (χ0) is 19.7. The van der Waals surface area contributed by atoms with Gasteiger partial charge in [0.1, 0.15) is 23.1 Å². The molecular formula is C21H23FN4O2. The van der Waals surface area contributed by atoms with Crippen LogP contribution in [0.5, 0.6) is 5.75 Å². The number of halogens is 1. The molecule has 0 aliphatic heterocycles. The third-order valence-electron chi connectivity index (χ3n) is 5.24. The number of rotatable bonds is 5. The Morgan fingerprint density at radius 2 is 1.93 bits per heavy atom. The maximum Gasteiger partial charge on any atom is 0.155 e. The highest BCUT2D eigenvalue weighted by atomic mass is 19.1. The summed E-state index contributed by atoms with van der Waals surface area (Å²) in [5, 5.41) is 14.7. The Morgan fingerprint density at radius 3 is 2.64 bits per heavy atom. The number of hydrogen-bond acceptors (Lipinski definition) is 5. The van der Waals surface area contributed by atoms with Gasteiger partial charge in [0.2, 0.25) is 0 Å². The van der Waals surface area contributed by atoms with Gasteiger partial charge in [-0.15, -0.1) is 0 Å². The van der Waals surface area contributed by atoms with Crippen molar-refractivity contribution in [3.05, 3.63) is 71.6 Å². The summed E-state index contributed by atoms with van der Waals surface area (Å²) in [4.78, 5) is 4.71. The van der Waals surface area contributed by atoms with E-state index in [4.69, 9.17) is 15.5 Å². The molecule has 3 atom stereocenters. The number of aromatic nitrogens is 3. The van der Waals surface area contributed by atoms with Gasteiger partial charge in [-0.2, -0.15) is 5.10 Å². The van der Waals surface area contributed by atoms with Crippen LogP contribution in [0.25, 0.3) is 5.69 Å². The lowest BCUT2D eigenvalue weighted by Gasteiger charge is -2.11. The molecule has 7 heteroatoms. The standard InChI is InChI=1S/C21H23FN4O2/c1-28-19-9-5-2-6-13(19)12-20-24-21(14-10-16(23)18(27)11-14)26(25-20)17-8-4-3-7-15(17)22/h2-9,14,16,18,27H,10-12,23H2,1H3/t14-,16+,18+/m0/s1. The highest BCUT2D eigenvalue weighted by Gasteiger charge is 2.35. The van der Waals surface area contributed by atoms with Crippen molar-refractivity contribution in [1.29, 1.82) is 0 Å². The Balaban J connectivity index is 1.75. The van der Waals surface area contributed by atoms with E-state index in [-0.39, 0.29) is 17.8 Å². The van der Waals surface area contributed by atoms with E-state index in [1.807, 2.05) is 24.3 Å². The Labute approximate surface area is 162 Å². The second-order valence-corrected chi connectivity index (χ2v) is 7.14. The zero-order valence-electron chi connectivity index (χ0n) is 15.6. The van der Waals surface area contributed by atoms with E-state index in [0.717, 1.165) is 11.3 Å². The van der Waals surface area contributed by atoms with Crippen LogP contribution < -0.4 is 10.5 Å². The summed E-state index contributed by atoms with van der Waals surface area (Å²) in [6.45, 7) is 0. The van der Waals surface area contributed by atoms with E-state index < -0.39 is 6.10 Å². The molecule has 0 bridgehead atoms. The first-order valence-electron chi connectivity index (χ1n) is 9.33. The molecule has 0 amide bonds. The first-order chi connectivity index (χ1) is 13.6. The molecule has 28 heavy (non-hydrogen) atoms. The number of nitrogens with two attached hydrogens (primary N) is 1. The first kappa shape index (κ1) is 18.6. The molecule has 3 N–H and O–H groups in total. The normalized spacial score (nSPS) is 21.8. The fraction of sp³-hybridized carbons (Fsp3) is 0.333. The van der Waals surface area contributed by atoms with E-state index in [1.54, 1.807) is 30.0 Å². The van der Waals surface area contributed by atoms with E-state index in [9.17, 15) is 9.50 Å². The highest BCUT2D eigenvalue weighted by Crippen LogP contribution is 2.34. The van der Waals surface area contributed by atoms with Crippen molar-refractivity contribution in [2.45, 2.75) is 37.3 Å². The Kier molecular flexibility index (Phi) is 5.11. The van der Waals surface area contributed by atoms with Crippen molar-refractivity contribution in [1.82, 2.24) is 14.8 Å². The molecule has 1 saturated carbocycles. The highest BCUT2D eigenvalue weighted by molar-refractivity contribution is 5.37. The molecule has 6 nitrogen and oxygen atoms in total. The molecule has 1 aliphatic carbocycles. The minimum Gasteiger partial charge on any atom is -0.496 e. The fourth-order valence-electron chi connectivity index (χ4n) is 3.79. The molecule has 2 aromatic carbocycles. The molecule has 1 aliphatic rings. The maximum absolute atomic E-state index is 14.5. The van der Waals surface area contributed by atoms with Crippen molar-refractivity contribution in [2.24, 2.45) is 5.73 Å². The van der Waals surface area contributed by atoms with Crippen LogP contribution in [-0.2, 0) is 6.42 Å². The quantitative estimate of drug-likeness (QED) is 0.708. The van der Waals surface area contributed by atoms with Gasteiger partial charge in [-0.05, 0) is 31.0 Å². The number of aliphatic hydroxyl groups excluding tert-OH is 1. The van der Waals surface area contributed by atoms with Crippen molar-refractivity contribution >= 4 is 0 Å². The summed E-state index contributed by atoms with van der Waals surface area (Å²) in [7, 11) is 1.62. The summed E-state index contributed by atoms with van der Waals surface area (Å²) in [5.41, 5.74) is 7.28. The Hall–Kier alpha value is -2.77. The SMILES string of the molecule is COc1ccccc1Cc1nc([C@H]2C[C@@H](N)[C@H](O)C2)n(-c2ccccc2F)n1. The monoisotopic (exact) mass is 382 g/mol. The summed E-state index contributed by atoms with van der Waals surface area (Å²) >= 11 is 0. The number of benzene rings is 2. The van der Waals surface area contributed by atoms with E-state index in [0.29, 0.717) is 36.6 Å². The van der Waals surface area contributed by atoms with Crippen LogP contribution in [0, 0.1) is 5.82 Å². The summed E-state index contributed by atoms with van der Waals surface area (Å²) in [6, 6.07) is 13.8. The van der Waals surface area contributed by atoms with Gasteiger partial charge in [-0.3, -0.25) is 0 Å². The third-order valence-corrected chi connectivity index (χ3v) is 5.24. The number of para-hydroxylation sites is 2. The molecule has 0 spiro atoms. The molecule has 146 valence electrons. The topological polar surface area (TPSA) is 86.2 Å².